The summed E-state index contributed by atoms with van der Waals surface area (Å²) < 4.78 is 46.8. The number of hydrogen-bond acceptors (Lipinski definition) is 3. The van der Waals surface area contributed by atoms with Crippen LogP contribution < -0.4 is 9.47 Å². The number of alkyl halides is 3. The molecule has 4 bridgehead atoms. The average Bonchev–Trinajstić information content (AvgIpc) is 2.85. The van der Waals surface area contributed by atoms with Gasteiger partial charge in [-0.1, -0.05) is 36.4 Å². The second kappa shape index (κ2) is 9.79. The minimum atomic E-state index is -4.73. The molecule has 0 atom stereocenters. The molecule has 3 aromatic rings. The lowest BCUT2D eigenvalue weighted by Gasteiger charge is -2.57. The zero-order chi connectivity index (χ0) is 26.3. The van der Waals surface area contributed by atoms with Crippen molar-refractivity contribution in [2.45, 2.75) is 63.1 Å². The third-order valence-corrected chi connectivity index (χ3v) is 8.62. The lowest BCUT2D eigenvalue weighted by molar-refractivity contribution is -0.274. The summed E-state index contributed by atoms with van der Waals surface area (Å²) in [5.74, 6) is 3.95. The smallest absolute Gasteiger partial charge is 0.457 e. The Morgan fingerprint density at radius 2 is 1.11 bits per heavy atom. The third-order valence-electron chi connectivity index (χ3n) is 8.62. The summed E-state index contributed by atoms with van der Waals surface area (Å²) in [5, 5.41) is 0. The van der Waals surface area contributed by atoms with Crippen LogP contribution in [0.25, 0.3) is 0 Å². The fraction of sp³-hybridized carbons (Fsp3) is 0.406. The molecule has 6 heteroatoms. The molecule has 0 heterocycles. The summed E-state index contributed by atoms with van der Waals surface area (Å²) in [6.07, 6.45) is 4.00. The summed E-state index contributed by atoms with van der Waals surface area (Å²) >= 11 is 0. The summed E-state index contributed by atoms with van der Waals surface area (Å²) in [7, 11) is 0. The molecule has 0 saturated heterocycles. The van der Waals surface area contributed by atoms with Gasteiger partial charge in [0.25, 0.3) is 0 Å². The van der Waals surface area contributed by atoms with Crippen LogP contribution in [-0.2, 0) is 23.1 Å². The van der Waals surface area contributed by atoms with Gasteiger partial charge in [0.05, 0.1) is 0 Å². The fourth-order valence-corrected chi connectivity index (χ4v) is 7.48. The van der Waals surface area contributed by atoms with Crippen molar-refractivity contribution >= 4 is 5.78 Å². The predicted octanol–water partition coefficient (Wildman–Crippen LogP) is 8.20. The average molecular weight is 521 g/mol. The van der Waals surface area contributed by atoms with Gasteiger partial charge in [0.2, 0.25) is 0 Å². The Morgan fingerprint density at radius 1 is 0.684 bits per heavy atom. The van der Waals surface area contributed by atoms with E-state index in [2.05, 4.69) is 29.0 Å². The van der Waals surface area contributed by atoms with Crippen LogP contribution in [0, 0.1) is 17.8 Å². The van der Waals surface area contributed by atoms with E-state index in [1.54, 1.807) is 0 Å². The molecule has 198 valence electrons. The van der Waals surface area contributed by atoms with Crippen LogP contribution in [0.1, 0.15) is 55.2 Å². The molecule has 3 nitrogen and oxygen atoms in total. The quantitative estimate of drug-likeness (QED) is 0.300. The van der Waals surface area contributed by atoms with Crippen molar-refractivity contribution in [3.05, 3.63) is 89.5 Å². The number of carbonyl (C=O) groups excluding carboxylic acids is 1. The van der Waals surface area contributed by atoms with Gasteiger partial charge in [0.1, 0.15) is 23.0 Å². The second-order valence-corrected chi connectivity index (χ2v) is 11.6. The van der Waals surface area contributed by atoms with E-state index in [0.717, 1.165) is 29.1 Å². The van der Waals surface area contributed by atoms with Crippen LogP contribution in [0.4, 0.5) is 13.2 Å². The summed E-state index contributed by atoms with van der Waals surface area (Å²) in [5.41, 5.74) is 3.35. The van der Waals surface area contributed by atoms with Crippen molar-refractivity contribution in [2.24, 2.45) is 17.8 Å². The third kappa shape index (κ3) is 5.59. The molecule has 0 radical (unpaired) electrons. The van der Waals surface area contributed by atoms with E-state index in [4.69, 9.17) is 4.74 Å². The van der Waals surface area contributed by atoms with Crippen LogP contribution >= 0.6 is 0 Å². The molecular formula is C32H31F3O3. The molecule has 4 aliphatic carbocycles. The Morgan fingerprint density at radius 3 is 1.55 bits per heavy atom. The monoisotopic (exact) mass is 520 g/mol. The zero-order valence-electron chi connectivity index (χ0n) is 21.2. The number of rotatable bonds is 8. The van der Waals surface area contributed by atoms with E-state index in [0.29, 0.717) is 16.7 Å². The van der Waals surface area contributed by atoms with Crippen LogP contribution in [0.3, 0.4) is 0 Å². The lowest BCUT2D eigenvalue weighted by atomic mass is 9.48. The first-order chi connectivity index (χ1) is 18.2. The Labute approximate surface area is 221 Å². The van der Waals surface area contributed by atoms with Crippen LogP contribution in [0.5, 0.6) is 17.2 Å². The Hall–Kier alpha value is -3.28. The van der Waals surface area contributed by atoms with Crippen molar-refractivity contribution in [1.82, 2.24) is 0 Å². The van der Waals surface area contributed by atoms with Gasteiger partial charge in [-0.05, 0) is 115 Å². The molecule has 3 aromatic carbocycles. The topological polar surface area (TPSA) is 35.5 Å². The summed E-state index contributed by atoms with van der Waals surface area (Å²) in [6, 6.07) is 21.5. The highest BCUT2D eigenvalue weighted by Crippen LogP contribution is 2.60. The van der Waals surface area contributed by atoms with E-state index in [1.165, 1.54) is 68.4 Å². The van der Waals surface area contributed by atoms with E-state index in [1.807, 2.05) is 24.3 Å². The van der Waals surface area contributed by atoms with Crippen molar-refractivity contribution in [2.75, 3.05) is 0 Å². The number of halogens is 3. The Balaban J connectivity index is 1.02. The number of hydrogen-bond donors (Lipinski definition) is 0. The van der Waals surface area contributed by atoms with Gasteiger partial charge in [-0.3, -0.25) is 4.79 Å². The van der Waals surface area contributed by atoms with Gasteiger partial charge in [-0.2, -0.15) is 0 Å². The Kier molecular flexibility index (Phi) is 6.45. The van der Waals surface area contributed by atoms with Gasteiger partial charge in [0.15, 0.2) is 0 Å². The zero-order valence-corrected chi connectivity index (χ0v) is 21.2. The molecule has 4 saturated carbocycles. The molecule has 4 fully saturated rings. The fourth-order valence-electron chi connectivity index (χ4n) is 7.48. The maximum absolute atomic E-state index is 12.5. The first-order valence-corrected chi connectivity index (χ1v) is 13.5. The molecular weight excluding hydrogens is 489 g/mol. The second-order valence-electron chi connectivity index (χ2n) is 11.6. The molecule has 0 amide bonds. The molecule has 7 rings (SSSR count). The molecule has 0 spiro atoms. The number of ketones is 1. The summed E-state index contributed by atoms with van der Waals surface area (Å²) in [6.45, 7) is 0. The van der Waals surface area contributed by atoms with Crippen molar-refractivity contribution < 1.29 is 27.4 Å². The molecule has 0 unspecified atom stereocenters. The minimum Gasteiger partial charge on any atom is -0.457 e. The highest BCUT2D eigenvalue weighted by Gasteiger charge is 2.51. The normalized spacial score (nSPS) is 25.8. The predicted molar refractivity (Wildman–Crippen MR) is 138 cm³/mol. The van der Waals surface area contributed by atoms with Crippen LogP contribution in [0.2, 0.25) is 0 Å². The lowest BCUT2D eigenvalue weighted by Crippen LogP contribution is -2.48. The number of benzene rings is 3. The largest absolute Gasteiger partial charge is 0.573 e. The molecule has 4 aliphatic rings. The van der Waals surface area contributed by atoms with E-state index in [9.17, 15) is 18.0 Å². The van der Waals surface area contributed by atoms with Gasteiger partial charge >= 0.3 is 6.36 Å². The molecule has 38 heavy (non-hydrogen) atoms. The van der Waals surface area contributed by atoms with Gasteiger partial charge < -0.3 is 9.47 Å². The Bertz CT molecular complexity index is 1240. The number of ether oxygens (including phenoxy) is 2. The molecule has 0 N–H and O–H groups in total. The number of Topliss-reactive ketones (excluding diaryl/α,β-unsaturated/α-hetero) is 1. The van der Waals surface area contributed by atoms with Gasteiger partial charge in [-0.25, -0.2) is 0 Å². The van der Waals surface area contributed by atoms with Crippen molar-refractivity contribution in [3.8, 4) is 17.2 Å². The summed E-state index contributed by atoms with van der Waals surface area (Å²) in [4.78, 5) is 12.5. The van der Waals surface area contributed by atoms with E-state index < -0.39 is 6.36 Å². The van der Waals surface area contributed by atoms with Crippen molar-refractivity contribution in [3.63, 3.8) is 0 Å². The number of carbonyl (C=O) groups is 1. The van der Waals surface area contributed by atoms with Crippen LogP contribution in [-0.4, -0.2) is 12.1 Å². The minimum absolute atomic E-state index is 0.0246. The van der Waals surface area contributed by atoms with Crippen molar-refractivity contribution in [1.29, 1.82) is 0 Å². The molecule has 0 aliphatic heterocycles. The standard InChI is InChI=1S/C32H31F3O3/c33-32(34,35)38-30-9-3-22(4-10-30)17-27(36)16-21-1-7-28(8-2-21)37-29-11-5-26(6-12-29)31-18-23-13-24(19-31)15-25(14-23)20-31/h1-12,23-25H,13-20H2. The first-order valence-electron chi connectivity index (χ1n) is 13.5. The SMILES string of the molecule is O=C(Cc1ccc(Oc2ccc(C34CC5CC(CC(C5)C3)C4)cc2)cc1)Cc1ccc(OC(F)(F)F)cc1. The highest BCUT2D eigenvalue weighted by molar-refractivity contribution is 5.83. The van der Waals surface area contributed by atoms with Gasteiger partial charge in [-0.15, -0.1) is 13.2 Å². The van der Waals surface area contributed by atoms with E-state index >= 15 is 0 Å². The van der Waals surface area contributed by atoms with Crippen LogP contribution in [0.15, 0.2) is 72.8 Å². The maximum atomic E-state index is 12.5. The van der Waals surface area contributed by atoms with E-state index in [-0.39, 0.29) is 24.4 Å². The first kappa shape index (κ1) is 25.0. The van der Waals surface area contributed by atoms with Gasteiger partial charge in [0, 0.05) is 12.8 Å². The maximum Gasteiger partial charge on any atom is 0.573 e. The highest BCUT2D eigenvalue weighted by atomic mass is 19.4. The molecule has 0 aromatic heterocycles.